The Hall–Kier alpha value is -1.35. The minimum atomic E-state index is -0.360. The van der Waals surface area contributed by atoms with Crippen LogP contribution in [0.2, 0.25) is 0 Å². The van der Waals surface area contributed by atoms with Gasteiger partial charge in [0.05, 0.1) is 5.54 Å². The van der Waals surface area contributed by atoms with E-state index in [2.05, 4.69) is 36.6 Å². The third-order valence-corrected chi connectivity index (χ3v) is 4.31. The van der Waals surface area contributed by atoms with E-state index in [0.717, 1.165) is 37.9 Å². The average molecular weight is 274 g/mol. The number of hydrogen-bond donors (Lipinski definition) is 2. The van der Waals surface area contributed by atoms with Crippen LogP contribution in [0.25, 0.3) is 0 Å². The molecule has 1 unspecified atom stereocenters. The lowest BCUT2D eigenvalue weighted by Gasteiger charge is -2.26. The minimum Gasteiger partial charge on any atom is -0.324 e. The number of carbonyl (C=O) groups is 1. The standard InChI is InChI=1S/C17H26N2O/c1-3-5-7-14-8-10-15(11-9-14)19-16(20)17(4-2)12-6-13-18-17/h8-11,18H,3-7,12-13H2,1-2H3,(H,19,20). The fourth-order valence-corrected chi connectivity index (χ4v) is 2.85. The summed E-state index contributed by atoms with van der Waals surface area (Å²) in [5.74, 6) is 0.110. The van der Waals surface area contributed by atoms with Gasteiger partial charge in [0, 0.05) is 5.69 Å². The summed E-state index contributed by atoms with van der Waals surface area (Å²) >= 11 is 0. The second kappa shape index (κ2) is 6.89. The smallest absolute Gasteiger partial charge is 0.244 e. The Morgan fingerprint density at radius 1 is 1.30 bits per heavy atom. The predicted octanol–water partition coefficient (Wildman–Crippen LogP) is 3.50. The SMILES string of the molecule is CCCCc1ccc(NC(=O)C2(CC)CCCN2)cc1. The second-order valence-corrected chi connectivity index (χ2v) is 5.72. The van der Waals surface area contributed by atoms with Crippen molar-refractivity contribution in [2.24, 2.45) is 0 Å². The summed E-state index contributed by atoms with van der Waals surface area (Å²) in [6.07, 6.45) is 6.40. The van der Waals surface area contributed by atoms with Crippen molar-refractivity contribution in [3.63, 3.8) is 0 Å². The summed E-state index contributed by atoms with van der Waals surface area (Å²) in [6, 6.07) is 8.26. The van der Waals surface area contributed by atoms with Crippen molar-refractivity contribution in [2.45, 2.75) is 57.9 Å². The molecule has 1 amide bonds. The molecule has 1 aliphatic rings. The lowest BCUT2D eigenvalue weighted by Crippen LogP contribution is -2.50. The van der Waals surface area contributed by atoms with E-state index in [1.807, 2.05) is 12.1 Å². The zero-order valence-electron chi connectivity index (χ0n) is 12.7. The van der Waals surface area contributed by atoms with Crippen LogP contribution in [-0.4, -0.2) is 18.0 Å². The van der Waals surface area contributed by atoms with Crippen molar-refractivity contribution >= 4 is 11.6 Å². The molecule has 1 aromatic carbocycles. The number of amides is 1. The number of benzene rings is 1. The van der Waals surface area contributed by atoms with Crippen molar-refractivity contribution in [3.8, 4) is 0 Å². The van der Waals surface area contributed by atoms with Crippen molar-refractivity contribution < 1.29 is 4.79 Å². The number of nitrogens with one attached hydrogen (secondary N) is 2. The summed E-state index contributed by atoms with van der Waals surface area (Å²) in [5.41, 5.74) is 1.88. The maximum atomic E-state index is 12.5. The Labute approximate surface area is 122 Å². The molecule has 1 atom stereocenters. The van der Waals surface area contributed by atoms with Gasteiger partial charge in [-0.05, 0) is 56.3 Å². The molecule has 1 aromatic rings. The molecular formula is C17H26N2O. The summed E-state index contributed by atoms with van der Waals surface area (Å²) in [5, 5.41) is 6.42. The van der Waals surface area contributed by atoms with Gasteiger partial charge in [-0.25, -0.2) is 0 Å². The zero-order valence-corrected chi connectivity index (χ0v) is 12.7. The Kier molecular flexibility index (Phi) is 5.18. The Balaban J connectivity index is 1.97. The van der Waals surface area contributed by atoms with Gasteiger partial charge in [0.25, 0.3) is 0 Å². The van der Waals surface area contributed by atoms with Gasteiger partial charge in [-0.15, -0.1) is 0 Å². The highest BCUT2D eigenvalue weighted by molar-refractivity contribution is 5.98. The molecule has 0 aromatic heterocycles. The van der Waals surface area contributed by atoms with Crippen LogP contribution in [0, 0.1) is 0 Å². The van der Waals surface area contributed by atoms with Crippen molar-refractivity contribution in [2.75, 3.05) is 11.9 Å². The highest BCUT2D eigenvalue weighted by Crippen LogP contribution is 2.25. The van der Waals surface area contributed by atoms with Crippen molar-refractivity contribution in [3.05, 3.63) is 29.8 Å². The zero-order chi connectivity index (χ0) is 14.4. The molecule has 1 heterocycles. The highest BCUT2D eigenvalue weighted by atomic mass is 16.2. The average Bonchev–Trinajstić information content (AvgIpc) is 2.97. The molecule has 2 N–H and O–H groups in total. The summed E-state index contributed by atoms with van der Waals surface area (Å²) < 4.78 is 0. The van der Waals surface area contributed by atoms with E-state index in [1.165, 1.54) is 18.4 Å². The molecule has 0 saturated carbocycles. The van der Waals surface area contributed by atoms with Crippen LogP contribution >= 0.6 is 0 Å². The number of anilines is 1. The molecule has 0 radical (unpaired) electrons. The first-order chi connectivity index (χ1) is 9.70. The van der Waals surface area contributed by atoms with Crippen LogP contribution in [-0.2, 0) is 11.2 Å². The topological polar surface area (TPSA) is 41.1 Å². The molecule has 110 valence electrons. The van der Waals surface area contributed by atoms with Gasteiger partial charge in [0.2, 0.25) is 5.91 Å². The Morgan fingerprint density at radius 2 is 2.05 bits per heavy atom. The fourth-order valence-electron chi connectivity index (χ4n) is 2.85. The van der Waals surface area contributed by atoms with E-state index >= 15 is 0 Å². The van der Waals surface area contributed by atoms with E-state index in [1.54, 1.807) is 0 Å². The third kappa shape index (κ3) is 3.40. The molecule has 0 spiro atoms. The number of rotatable bonds is 6. The minimum absolute atomic E-state index is 0.110. The van der Waals surface area contributed by atoms with E-state index in [-0.39, 0.29) is 11.4 Å². The maximum absolute atomic E-state index is 12.5. The van der Waals surface area contributed by atoms with Gasteiger partial charge in [0.1, 0.15) is 0 Å². The molecule has 2 rings (SSSR count). The number of hydrogen-bond acceptors (Lipinski definition) is 2. The predicted molar refractivity (Wildman–Crippen MR) is 83.9 cm³/mol. The molecule has 1 saturated heterocycles. The highest BCUT2D eigenvalue weighted by Gasteiger charge is 2.38. The van der Waals surface area contributed by atoms with Gasteiger partial charge in [0.15, 0.2) is 0 Å². The van der Waals surface area contributed by atoms with Crippen LogP contribution in [0.4, 0.5) is 5.69 Å². The van der Waals surface area contributed by atoms with Crippen LogP contribution in [0.15, 0.2) is 24.3 Å². The number of carbonyl (C=O) groups excluding carboxylic acids is 1. The van der Waals surface area contributed by atoms with Crippen molar-refractivity contribution in [1.29, 1.82) is 0 Å². The lowest BCUT2D eigenvalue weighted by atomic mass is 9.93. The molecule has 1 aliphatic heterocycles. The molecule has 0 bridgehead atoms. The summed E-state index contributed by atoms with van der Waals surface area (Å²) in [6.45, 7) is 5.22. The van der Waals surface area contributed by atoms with E-state index in [0.29, 0.717) is 0 Å². The van der Waals surface area contributed by atoms with Crippen LogP contribution in [0.5, 0.6) is 0 Å². The van der Waals surface area contributed by atoms with Gasteiger partial charge < -0.3 is 10.6 Å². The molecule has 20 heavy (non-hydrogen) atoms. The van der Waals surface area contributed by atoms with Gasteiger partial charge >= 0.3 is 0 Å². The normalized spacial score (nSPS) is 21.9. The lowest BCUT2D eigenvalue weighted by molar-refractivity contribution is -0.122. The first kappa shape index (κ1) is 15.0. The van der Waals surface area contributed by atoms with Crippen LogP contribution < -0.4 is 10.6 Å². The maximum Gasteiger partial charge on any atom is 0.244 e. The van der Waals surface area contributed by atoms with Crippen LogP contribution in [0.3, 0.4) is 0 Å². The molecular weight excluding hydrogens is 248 g/mol. The number of aryl methyl sites for hydroxylation is 1. The Morgan fingerprint density at radius 3 is 2.60 bits per heavy atom. The first-order valence-corrected chi connectivity index (χ1v) is 7.85. The summed E-state index contributed by atoms with van der Waals surface area (Å²) in [7, 11) is 0. The molecule has 0 aliphatic carbocycles. The van der Waals surface area contributed by atoms with Gasteiger partial charge in [-0.1, -0.05) is 32.4 Å². The largest absolute Gasteiger partial charge is 0.324 e. The quantitative estimate of drug-likeness (QED) is 0.833. The summed E-state index contributed by atoms with van der Waals surface area (Å²) in [4.78, 5) is 12.5. The monoisotopic (exact) mass is 274 g/mol. The third-order valence-electron chi connectivity index (χ3n) is 4.31. The van der Waals surface area contributed by atoms with E-state index < -0.39 is 0 Å². The first-order valence-electron chi connectivity index (χ1n) is 7.85. The van der Waals surface area contributed by atoms with Crippen molar-refractivity contribution in [1.82, 2.24) is 5.32 Å². The van der Waals surface area contributed by atoms with Gasteiger partial charge in [-0.2, -0.15) is 0 Å². The molecule has 3 heteroatoms. The van der Waals surface area contributed by atoms with Crippen LogP contribution in [0.1, 0.15) is 51.5 Å². The van der Waals surface area contributed by atoms with E-state index in [9.17, 15) is 4.79 Å². The second-order valence-electron chi connectivity index (χ2n) is 5.72. The molecule has 1 fully saturated rings. The molecule has 3 nitrogen and oxygen atoms in total. The number of unbranched alkanes of at least 4 members (excludes halogenated alkanes) is 1. The van der Waals surface area contributed by atoms with Gasteiger partial charge in [-0.3, -0.25) is 4.79 Å². The fraction of sp³-hybridized carbons (Fsp3) is 0.588. The Bertz CT molecular complexity index is 433. The van der Waals surface area contributed by atoms with E-state index in [4.69, 9.17) is 0 Å².